The Morgan fingerprint density at radius 1 is 1.40 bits per heavy atom. The first-order chi connectivity index (χ1) is 9.49. The van der Waals surface area contributed by atoms with E-state index in [0.29, 0.717) is 11.5 Å². The number of nitrogens with zero attached hydrogens (tertiary/aromatic N) is 2. The van der Waals surface area contributed by atoms with Gasteiger partial charge >= 0.3 is 0 Å². The Kier molecular flexibility index (Phi) is 4.37. The Morgan fingerprint density at radius 3 is 2.75 bits per heavy atom. The van der Waals surface area contributed by atoms with Crippen LogP contribution in [-0.4, -0.2) is 28.3 Å². The number of hydrogen-bond acceptors (Lipinski definition) is 3. The van der Waals surface area contributed by atoms with Crippen molar-refractivity contribution in [3.63, 3.8) is 0 Å². The summed E-state index contributed by atoms with van der Waals surface area (Å²) in [5.41, 5.74) is 0.521. The molecule has 20 heavy (non-hydrogen) atoms. The highest BCUT2D eigenvalue weighted by molar-refractivity contribution is 5.80. The van der Waals surface area contributed by atoms with Gasteiger partial charge in [-0.1, -0.05) is 25.1 Å². The maximum absolute atomic E-state index is 12.4. The Labute approximate surface area is 118 Å². The second-order valence-electron chi connectivity index (χ2n) is 5.63. The number of likely N-dealkylation sites (tertiary alicyclic amines) is 1. The number of benzene rings is 1. The van der Waals surface area contributed by atoms with Crippen molar-refractivity contribution in [2.75, 3.05) is 6.54 Å². The van der Waals surface area contributed by atoms with E-state index in [1.807, 2.05) is 11.8 Å². The third-order valence-electron chi connectivity index (χ3n) is 3.99. The van der Waals surface area contributed by atoms with Gasteiger partial charge in [-0.3, -0.25) is 14.9 Å². The van der Waals surface area contributed by atoms with Crippen molar-refractivity contribution in [1.82, 2.24) is 4.90 Å². The van der Waals surface area contributed by atoms with Crippen molar-refractivity contribution in [1.29, 1.82) is 0 Å². The molecule has 1 saturated heterocycles. The molecule has 1 heterocycles. The fourth-order valence-electron chi connectivity index (χ4n) is 2.88. The molecular weight excluding hydrogens is 256 g/mol. The highest BCUT2D eigenvalue weighted by Crippen LogP contribution is 2.24. The number of carbonyl (C=O) groups is 1. The monoisotopic (exact) mass is 276 g/mol. The van der Waals surface area contributed by atoms with Crippen LogP contribution in [0.5, 0.6) is 0 Å². The lowest BCUT2D eigenvalue weighted by Gasteiger charge is -2.36. The maximum atomic E-state index is 12.4. The Balaban J connectivity index is 2.10. The van der Waals surface area contributed by atoms with Crippen LogP contribution in [0.2, 0.25) is 0 Å². The van der Waals surface area contributed by atoms with Gasteiger partial charge in [0.2, 0.25) is 5.91 Å². The van der Waals surface area contributed by atoms with Crippen molar-refractivity contribution in [3.05, 3.63) is 39.9 Å². The molecule has 0 aromatic heterocycles. The Hall–Kier alpha value is -1.91. The molecule has 0 spiro atoms. The van der Waals surface area contributed by atoms with Gasteiger partial charge in [-0.25, -0.2) is 0 Å². The number of carbonyl (C=O) groups excluding carboxylic acids is 1. The van der Waals surface area contributed by atoms with E-state index in [1.54, 1.807) is 18.2 Å². The minimum atomic E-state index is -0.426. The van der Waals surface area contributed by atoms with E-state index in [4.69, 9.17) is 0 Å². The Morgan fingerprint density at radius 2 is 2.10 bits per heavy atom. The van der Waals surface area contributed by atoms with E-state index in [1.165, 1.54) is 6.07 Å². The SMILES string of the molecule is C[C@H]1CCN(C(=O)Cc2ccccc2[N+](=O)[O-])[C@H](C)C1. The third kappa shape index (κ3) is 3.15. The zero-order valence-electron chi connectivity index (χ0n) is 11.9. The average molecular weight is 276 g/mol. The van der Waals surface area contributed by atoms with Gasteiger partial charge in [-0.05, 0) is 25.7 Å². The second-order valence-corrected chi connectivity index (χ2v) is 5.63. The minimum absolute atomic E-state index is 0.0151. The van der Waals surface area contributed by atoms with Crippen LogP contribution >= 0.6 is 0 Å². The van der Waals surface area contributed by atoms with Crippen molar-refractivity contribution in [3.8, 4) is 0 Å². The minimum Gasteiger partial charge on any atom is -0.340 e. The third-order valence-corrected chi connectivity index (χ3v) is 3.99. The first-order valence-electron chi connectivity index (χ1n) is 7.00. The molecule has 0 radical (unpaired) electrons. The molecular formula is C15H20N2O3. The van der Waals surface area contributed by atoms with Gasteiger partial charge in [0.15, 0.2) is 0 Å². The Bertz CT molecular complexity index is 516. The lowest BCUT2D eigenvalue weighted by Crippen LogP contribution is -2.44. The molecule has 1 aliphatic rings. The molecule has 0 N–H and O–H groups in total. The predicted octanol–water partition coefficient (Wildman–Crippen LogP) is 2.78. The number of nitro benzene ring substituents is 1. The van der Waals surface area contributed by atoms with Crippen LogP contribution in [0.3, 0.4) is 0 Å². The molecule has 2 atom stereocenters. The first-order valence-corrected chi connectivity index (χ1v) is 7.00. The normalized spacial score (nSPS) is 22.6. The van der Waals surface area contributed by atoms with E-state index in [9.17, 15) is 14.9 Å². The van der Waals surface area contributed by atoms with Crippen LogP contribution in [0, 0.1) is 16.0 Å². The highest BCUT2D eigenvalue weighted by Gasteiger charge is 2.27. The summed E-state index contributed by atoms with van der Waals surface area (Å²) in [5, 5.41) is 11.0. The average Bonchev–Trinajstić information content (AvgIpc) is 2.38. The topological polar surface area (TPSA) is 63.5 Å². The summed E-state index contributed by atoms with van der Waals surface area (Å²) in [6.45, 7) is 5.00. The second kappa shape index (κ2) is 6.03. The lowest BCUT2D eigenvalue weighted by molar-refractivity contribution is -0.385. The predicted molar refractivity (Wildman–Crippen MR) is 76.4 cm³/mol. The van der Waals surface area contributed by atoms with Crippen LogP contribution in [-0.2, 0) is 11.2 Å². The van der Waals surface area contributed by atoms with Gasteiger partial charge in [0, 0.05) is 24.2 Å². The highest BCUT2D eigenvalue weighted by atomic mass is 16.6. The van der Waals surface area contributed by atoms with Crippen LogP contribution in [0.25, 0.3) is 0 Å². The van der Waals surface area contributed by atoms with Gasteiger partial charge in [-0.2, -0.15) is 0 Å². The number of nitro groups is 1. The van der Waals surface area contributed by atoms with Gasteiger partial charge in [0.05, 0.1) is 11.3 Å². The van der Waals surface area contributed by atoms with Crippen molar-refractivity contribution >= 4 is 11.6 Å². The summed E-state index contributed by atoms with van der Waals surface area (Å²) in [5.74, 6) is 0.624. The van der Waals surface area contributed by atoms with E-state index < -0.39 is 4.92 Å². The summed E-state index contributed by atoms with van der Waals surface area (Å²) in [4.78, 5) is 24.8. The molecule has 1 aromatic rings. The molecule has 0 saturated carbocycles. The molecule has 5 heteroatoms. The van der Waals surface area contributed by atoms with E-state index in [0.717, 1.165) is 19.4 Å². The molecule has 2 rings (SSSR count). The van der Waals surface area contributed by atoms with E-state index >= 15 is 0 Å². The van der Waals surface area contributed by atoms with Gasteiger partial charge < -0.3 is 4.90 Å². The summed E-state index contributed by atoms with van der Waals surface area (Å²) >= 11 is 0. The zero-order chi connectivity index (χ0) is 14.7. The van der Waals surface area contributed by atoms with Crippen molar-refractivity contribution < 1.29 is 9.72 Å². The maximum Gasteiger partial charge on any atom is 0.273 e. The van der Waals surface area contributed by atoms with Gasteiger partial charge in [0.25, 0.3) is 5.69 Å². The van der Waals surface area contributed by atoms with Crippen LogP contribution in [0.15, 0.2) is 24.3 Å². The van der Waals surface area contributed by atoms with Crippen molar-refractivity contribution in [2.45, 2.75) is 39.2 Å². The van der Waals surface area contributed by atoms with Crippen molar-refractivity contribution in [2.24, 2.45) is 5.92 Å². The molecule has 1 aromatic carbocycles. The van der Waals surface area contributed by atoms with Gasteiger partial charge in [0.1, 0.15) is 0 Å². The standard InChI is InChI=1S/C15H20N2O3/c1-11-7-8-16(12(2)9-11)15(18)10-13-5-3-4-6-14(13)17(19)20/h3-6,11-12H,7-10H2,1-2H3/t11-,12+/m0/s1. The summed E-state index contributed by atoms with van der Waals surface area (Å²) in [6, 6.07) is 6.68. The molecule has 0 aliphatic carbocycles. The number of hydrogen-bond donors (Lipinski definition) is 0. The van der Waals surface area contributed by atoms with E-state index in [-0.39, 0.29) is 24.1 Å². The number of amides is 1. The smallest absolute Gasteiger partial charge is 0.273 e. The summed E-state index contributed by atoms with van der Waals surface area (Å²) in [6.07, 6.45) is 2.12. The fraction of sp³-hybridized carbons (Fsp3) is 0.533. The van der Waals surface area contributed by atoms with Crippen LogP contribution in [0.4, 0.5) is 5.69 Å². The number of piperidine rings is 1. The molecule has 1 fully saturated rings. The van der Waals surface area contributed by atoms with Crippen LogP contribution in [0.1, 0.15) is 32.3 Å². The molecule has 5 nitrogen and oxygen atoms in total. The summed E-state index contributed by atoms with van der Waals surface area (Å²) < 4.78 is 0. The fourth-order valence-corrected chi connectivity index (χ4v) is 2.88. The molecule has 108 valence electrons. The number of para-hydroxylation sites is 1. The molecule has 1 aliphatic heterocycles. The first kappa shape index (κ1) is 14.5. The van der Waals surface area contributed by atoms with E-state index in [2.05, 4.69) is 6.92 Å². The lowest BCUT2D eigenvalue weighted by atomic mass is 9.93. The zero-order valence-corrected chi connectivity index (χ0v) is 11.9. The molecule has 1 amide bonds. The van der Waals surface area contributed by atoms with Crippen LogP contribution < -0.4 is 0 Å². The molecule has 0 bridgehead atoms. The largest absolute Gasteiger partial charge is 0.340 e. The molecule has 0 unspecified atom stereocenters. The van der Waals surface area contributed by atoms with Gasteiger partial charge in [-0.15, -0.1) is 0 Å². The number of rotatable bonds is 3. The summed E-state index contributed by atoms with van der Waals surface area (Å²) in [7, 11) is 0. The quantitative estimate of drug-likeness (QED) is 0.630.